The van der Waals surface area contributed by atoms with Gasteiger partial charge >= 0.3 is 0 Å². The van der Waals surface area contributed by atoms with Gasteiger partial charge in [0, 0.05) is 11.4 Å². The zero-order chi connectivity index (χ0) is 16.3. The molecule has 116 valence electrons. The number of nitrogens with two attached hydrogens (primary N) is 2. The minimum absolute atomic E-state index is 0.683. The van der Waals surface area contributed by atoms with Crippen molar-refractivity contribution in [2.75, 3.05) is 11.5 Å². The van der Waals surface area contributed by atoms with Crippen LogP contribution in [0.5, 0.6) is 0 Å². The molecule has 0 amide bonds. The van der Waals surface area contributed by atoms with E-state index in [9.17, 15) is 0 Å². The number of hydrogen-bond acceptors (Lipinski definition) is 3. The third-order valence-electron chi connectivity index (χ3n) is 3.93. The second kappa shape index (κ2) is 6.32. The number of benzene rings is 3. The summed E-state index contributed by atoms with van der Waals surface area (Å²) >= 11 is 6.04. The van der Waals surface area contributed by atoms with E-state index in [-0.39, 0.29) is 0 Å². The van der Waals surface area contributed by atoms with Gasteiger partial charge in [0.1, 0.15) is 0 Å². The number of nitrogen functional groups attached to an aromatic ring is 2. The van der Waals surface area contributed by atoms with Crippen molar-refractivity contribution in [3.05, 3.63) is 95.6 Å². The molecule has 0 aliphatic rings. The predicted molar refractivity (Wildman–Crippen MR) is 95.0 cm³/mol. The molecule has 0 saturated carbocycles. The van der Waals surface area contributed by atoms with Crippen LogP contribution in [0.4, 0.5) is 11.4 Å². The van der Waals surface area contributed by atoms with Crippen molar-refractivity contribution in [3.63, 3.8) is 0 Å². The highest BCUT2D eigenvalue weighted by atomic mass is 35.5. The van der Waals surface area contributed by atoms with Crippen molar-refractivity contribution in [3.8, 4) is 0 Å². The quantitative estimate of drug-likeness (QED) is 0.555. The Balaban J connectivity index is 2.27. The molecule has 3 rings (SSSR count). The summed E-state index contributed by atoms with van der Waals surface area (Å²) in [6.07, 6.45) is 0. The first-order valence-corrected chi connectivity index (χ1v) is 7.55. The Kier molecular flexibility index (Phi) is 4.24. The van der Waals surface area contributed by atoms with Gasteiger partial charge in [-0.05, 0) is 41.0 Å². The average Bonchev–Trinajstić information content (AvgIpc) is 2.60. The molecule has 0 bridgehead atoms. The minimum Gasteiger partial charge on any atom is -0.399 e. The Morgan fingerprint density at radius 3 is 1.39 bits per heavy atom. The summed E-state index contributed by atoms with van der Waals surface area (Å²) in [5, 5.41) is 0. The van der Waals surface area contributed by atoms with Crippen LogP contribution in [0.3, 0.4) is 0 Å². The summed E-state index contributed by atoms with van der Waals surface area (Å²) in [4.78, 5) is 0. The molecule has 3 aromatic rings. The highest BCUT2D eigenvalue weighted by Gasteiger charge is 2.38. The molecule has 23 heavy (non-hydrogen) atoms. The molecule has 0 unspecified atom stereocenters. The van der Waals surface area contributed by atoms with Gasteiger partial charge in [-0.3, -0.25) is 4.29 Å². The lowest BCUT2D eigenvalue weighted by atomic mass is 9.80. The Morgan fingerprint density at radius 1 is 0.609 bits per heavy atom. The van der Waals surface area contributed by atoms with Crippen LogP contribution in [0.25, 0.3) is 0 Å². The van der Waals surface area contributed by atoms with Gasteiger partial charge in [-0.1, -0.05) is 54.6 Å². The predicted octanol–water partition coefficient (Wildman–Crippen LogP) is 4.31. The third kappa shape index (κ3) is 2.77. The maximum atomic E-state index is 6.04. The van der Waals surface area contributed by atoms with Gasteiger partial charge in [0.15, 0.2) is 5.60 Å². The fourth-order valence-corrected chi connectivity index (χ4v) is 3.01. The molecule has 0 heterocycles. The van der Waals surface area contributed by atoms with E-state index in [1.54, 1.807) is 0 Å². The van der Waals surface area contributed by atoms with Gasteiger partial charge < -0.3 is 11.5 Å². The van der Waals surface area contributed by atoms with E-state index in [1.807, 2.05) is 78.9 Å². The molecule has 0 radical (unpaired) electrons. The Hall–Kier alpha value is -2.49. The molecule has 0 fully saturated rings. The summed E-state index contributed by atoms with van der Waals surface area (Å²) in [6, 6.07) is 24.8. The number of rotatable bonds is 4. The van der Waals surface area contributed by atoms with Crippen LogP contribution >= 0.6 is 11.9 Å². The lowest BCUT2D eigenvalue weighted by Gasteiger charge is -2.32. The molecule has 0 aromatic heterocycles. The van der Waals surface area contributed by atoms with Gasteiger partial charge in [0.25, 0.3) is 0 Å². The summed E-state index contributed by atoms with van der Waals surface area (Å²) in [5.41, 5.74) is 14.8. The van der Waals surface area contributed by atoms with E-state index >= 15 is 0 Å². The van der Waals surface area contributed by atoms with Gasteiger partial charge in [-0.15, -0.1) is 0 Å². The minimum atomic E-state index is -0.940. The monoisotopic (exact) mass is 324 g/mol. The average molecular weight is 325 g/mol. The van der Waals surface area contributed by atoms with Crippen LogP contribution in [-0.2, 0) is 9.89 Å². The first-order chi connectivity index (χ1) is 11.2. The smallest absolute Gasteiger partial charge is 0.165 e. The molecular weight excluding hydrogens is 308 g/mol. The van der Waals surface area contributed by atoms with Gasteiger partial charge in [0.2, 0.25) is 0 Å². The second-order valence-corrected chi connectivity index (χ2v) is 5.52. The molecular formula is C19H17ClN2O. The highest BCUT2D eigenvalue weighted by Crippen LogP contribution is 2.41. The van der Waals surface area contributed by atoms with Crippen molar-refractivity contribution < 1.29 is 4.29 Å². The summed E-state index contributed by atoms with van der Waals surface area (Å²) in [6.45, 7) is 0. The standard InChI is InChI=1S/C19H17ClN2O/c20-23-19(14-4-2-1-3-5-14,15-6-10-17(21)11-7-15)16-8-12-18(22)13-9-16/h1-13H,21-22H2. The summed E-state index contributed by atoms with van der Waals surface area (Å²) < 4.78 is 5.57. The lowest BCUT2D eigenvalue weighted by molar-refractivity contribution is 0.175. The molecule has 0 spiro atoms. The van der Waals surface area contributed by atoms with E-state index in [0.29, 0.717) is 11.4 Å². The fraction of sp³-hybridized carbons (Fsp3) is 0.0526. The molecule has 3 aromatic carbocycles. The van der Waals surface area contributed by atoms with Crippen LogP contribution in [0.15, 0.2) is 78.9 Å². The molecule has 0 atom stereocenters. The van der Waals surface area contributed by atoms with E-state index in [2.05, 4.69) is 0 Å². The highest BCUT2D eigenvalue weighted by molar-refractivity contribution is 6.08. The van der Waals surface area contributed by atoms with Crippen molar-refractivity contribution >= 4 is 23.2 Å². The number of anilines is 2. The zero-order valence-corrected chi connectivity index (χ0v) is 13.2. The van der Waals surface area contributed by atoms with Gasteiger partial charge in [0.05, 0.1) is 11.9 Å². The molecule has 0 aliphatic heterocycles. The van der Waals surface area contributed by atoms with E-state index < -0.39 is 5.60 Å². The van der Waals surface area contributed by atoms with Crippen LogP contribution in [0.1, 0.15) is 16.7 Å². The lowest BCUT2D eigenvalue weighted by Crippen LogP contribution is -2.30. The number of hydrogen-bond donors (Lipinski definition) is 2. The van der Waals surface area contributed by atoms with Crippen molar-refractivity contribution in [1.82, 2.24) is 0 Å². The SMILES string of the molecule is Nc1ccc(C(OCl)(c2ccccc2)c2ccc(N)cc2)cc1. The Labute approximate surface area is 140 Å². The second-order valence-electron chi connectivity index (χ2n) is 5.37. The number of halogens is 1. The summed E-state index contributed by atoms with van der Waals surface area (Å²) in [7, 11) is 0. The molecule has 0 aliphatic carbocycles. The van der Waals surface area contributed by atoms with Crippen LogP contribution in [-0.4, -0.2) is 0 Å². The van der Waals surface area contributed by atoms with Crippen LogP contribution < -0.4 is 11.5 Å². The third-order valence-corrected chi connectivity index (χ3v) is 4.16. The van der Waals surface area contributed by atoms with Gasteiger partial charge in [-0.2, -0.15) is 0 Å². The maximum Gasteiger partial charge on any atom is 0.165 e. The zero-order valence-electron chi connectivity index (χ0n) is 12.4. The Bertz CT molecular complexity index is 725. The first-order valence-electron chi connectivity index (χ1n) is 7.24. The molecule has 4 N–H and O–H groups in total. The summed E-state index contributed by atoms with van der Waals surface area (Å²) in [5.74, 6) is 0. The van der Waals surface area contributed by atoms with E-state index in [1.165, 1.54) is 0 Å². The van der Waals surface area contributed by atoms with Crippen LogP contribution in [0, 0.1) is 0 Å². The topological polar surface area (TPSA) is 61.3 Å². The molecule has 3 nitrogen and oxygen atoms in total. The maximum absolute atomic E-state index is 6.04. The van der Waals surface area contributed by atoms with E-state index in [4.69, 9.17) is 27.6 Å². The fourth-order valence-electron chi connectivity index (χ4n) is 2.74. The van der Waals surface area contributed by atoms with Crippen LogP contribution in [0.2, 0.25) is 0 Å². The molecule has 0 saturated heterocycles. The first kappa shape index (κ1) is 15.4. The Morgan fingerprint density at radius 2 is 1.00 bits per heavy atom. The largest absolute Gasteiger partial charge is 0.399 e. The van der Waals surface area contributed by atoms with Gasteiger partial charge in [-0.25, -0.2) is 0 Å². The van der Waals surface area contributed by atoms with E-state index in [0.717, 1.165) is 16.7 Å². The van der Waals surface area contributed by atoms with Crippen molar-refractivity contribution in [2.45, 2.75) is 5.60 Å². The van der Waals surface area contributed by atoms with Crippen molar-refractivity contribution in [1.29, 1.82) is 0 Å². The molecule has 4 heteroatoms. The normalized spacial score (nSPS) is 11.3. The van der Waals surface area contributed by atoms with Crippen molar-refractivity contribution in [2.24, 2.45) is 0 Å².